The third kappa shape index (κ3) is 7.84. The number of para-hydroxylation sites is 1. The van der Waals surface area contributed by atoms with Gasteiger partial charge in [-0.1, -0.05) is 213 Å². The maximum atomic E-state index is 5.05. The number of aromatic nitrogens is 5. The first-order chi connectivity index (χ1) is 38.6. The van der Waals surface area contributed by atoms with Crippen molar-refractivity contribution in [2.24, 2.45) is 0 Å². The largest absolute Gasteiger partial charge is 0.309 e. The first kappa shape index (κ1) is 46.1. The molecule has 0 aliphatic heterocycles. The van der Waals surface area contributed by atoms with Crippen molar-refractivity contribution in [1.82, 2.24) is 24.1 Å². The molecule has 1 aliphatic carbocycles. The van der Waals surface area contributed by atoms with Crippen molar-refractivity contribution in [3.8, 4) is 90.0 Å². The summed E-state index contributed by atoms with van der Waals surface area (Å²) in [5.41, 5.74) is 19.6. The van der Waals surface area contributed by atoms with Crippen LogP contribution in [0.3, 0.4) is 0 Å². The summed E-state index contributed by atoms with van der Waals surface area (Å²) in [5, 5.41) is 7.49. The number of rotatable bonds is 9. The first-order valence-corrected chi connectivity index (χ1v) is 26.3. The topological polar surface area (TPSA) is 48.5 Å². The van der Waals surface area contributed by atoms with E-state index in [2.05, 4.69) is 210 Å². The van der Waals surface area contributed by atoms with E-state index in [1.54, 1.807) is 12.2 Å². The Labute approximate surface area is 452 Å². The number of nitrogens with zero attached hydrogens (tertiary/aromatic N) is 5. The molecule has 0 amide bonds. The van der Waals surface area contributed by atoms with Gasteiger partial charge in [0.2, 0.25) is 0 Å². The molecule has 0 atom stereocenters. The summed E-state index contributed by atoms with van der Waals surface area (Å²) in [5.74, 6) is 1.92. The Kier molecular flexibility index (Phi) is 11.4. The summed E-state index contributed by atoms with van der Waals surface area (Å²) in [4.78, 5) is 15.0. The lowest BCUT2D eigenvalue weighted by Crippen LogP contribution is -2.00. The normalized spacial score (nSPS) is 11.6. The lowest BCUT2D eigenvalue weighted by atomic mass is 9.96. The van der Waals surface area contributed by atoms with E-state index < -0.39 is 0 Å². The van der Waals surface area contributed by atoms with Crippen molar-refractivity contribution in [1.29, 1.82) is 0 Å². The highest BCUT2D eigenvalue weighted by atomic mass is 15.0. The summed E-state index contributed by atoms with van der Waals surface area (Å²) in [6, 6.07) is 89.5. The Bertz CT molecular complexity index is 4610. The fourth-order valence-corrected chi connectivity index (χ4v) is 11.6. The van der Waals surface area contributed by atoms with Gasteiger partial charge in [-0.2, -0.15) is 0 Å². The minimum atomic E-state index is 0.630. The molecule has 0 saturated heterocycles. The predicted octanol–water partition coefficient (Wildman–Crippen LogP) is 19.1. The van der Waals surface area contributed by atoms with Gasteiger partial charge >= 0.3 is 0 Å². The number of hydrogen-bond donors (Lipinski definition) is 0. The monoisotopic (exact) mass is 995 g/mol. The van der Waals surface area contributed by atoms with E-state index >= 15 is 0 Å². The molecule has 0 spiro atoms. The van der Waals surface area contributed by atoms with Crippen LogP contribution in [-0.2, 0) is 0 Å². The summed E-state index contributed by atoms with van der Waals surface area (Å²) in [7, 11) is 0. The molecule has 5 heteroatoms. The Hall–Kier alpha value is -10.5. The third-order valence-corrected chi connectivity index (χ3v) is 15.1. The van der Waals surface area contributed by atoms with E-state index in [0.717, 1.165) is 33.6 Å². The van der Waals surface area contributed by atoms with Crippen molar-refractivity contribution in [3.63, 3.8) is 0 Å². The van der Waals surface area contributed by atoms with Crippen LogP contribution in [0.2, 0.25) is 0 Å². The van der Waals surface area contributed by atoms with E-state index in [1.807, 2.05) is 72.8 Å². The average molecular weight is 996 g/mol. The minimum Gasteiger partial charge on any atom is -0.309 e. The van der Waals surface area contributed by atoms with Crippen LogP contribution in [0.25, 0.3) is 144 Å². The SMILES string of the molecule is C=C/C=C\C=C.c1ccc(-c2cccc(-n3c4ccccc4c4cc(-c5ccc6c(c5)c5c7cccc8c7c(cc5n6-c5ccc(-c6nc(-c7ccccc7)nc(-c7ccccc7)n6)cc5)-c5ccccc5-8)ccc43)c2)cc1. The van der Waals surface area contributed by atoms with E-state index in [1.165, 1.54) is 93.4 Å². The molecule has 1 aliphatic rings. The molecule has 3 heterocycles. The van der Waals surface area contributed by atoms with Gasteiger partial charge in [0.1, 0.15) is 0 Å². The Balaban J connectivity index is 0.000000874. The van der Waals surface area contributed by atoms with Crippen molar-refractivity contribution in [3.05, 3.63) is 286 Å². The number of hydrogen-bond acceptors (Lipinski definition) is 3. The molecule has 366 valence electrons. The van der Waals surface area contributed by atoms with E-state index in [9.17, 15) is 0 Å². The van der Waals surface area contributed by atoms with Crippen LogP contribution in [0.1, 0.15) is 0 Å². The molecule has 0 saturated carbocycles. The Morgan fingerprint density at radius 1 is 0.269 bits per heavy atom. The second-order valence-electron chi connectivity index (χ2n) is 19.6. The summed E-state index contributed by atoms with van der Waals surface area (Å²) in [6.07, 6.45) is 7.07. The predicted molar refractivity (Wildman–Crippen MR) is 327 cm³/mol. The minimum absolute atomic E-state index is 0.630. The highest BCUT2D eigenvalue weighted by molar-refractivity contribution is 6.29. The zero-order valence-electron chi connectivity index (χ0n) is 42.6. The maximum absolute atomic E-state index is 5.05. The molecule has 0 unspecified atom stereocenters. The molecule has 15 rings (SSSR count). The van der Waals surface area contributed by atoms with Gasteiger partial charge in [-0.15, -0.1) is 0 Å². The zero-order chi connectivity index (χ0) is 52.1. The van der Waals surface area contributed by atoms with Crippen molar-refractivity contribution >= 4 is 54.4 Å². The van der Waals surface area contributed by atoms with E-state index in [-0.39, 0.29) is 0 Å². The highest BCUT2D eigenvalue weighted by Crippen LogP contribution is 2.51. The van der Waals surface area contributed by atoms with Gasteiger partial charge in [0, 0.05) is 49.6 Å². The van der Waals surface area contributed by atoms with Crippen LogP contribution >= 0.6 is 0 Å². The summed E-state index contributed by atoms with van der Waals surface area (Å²) < 4.78 is 4.86. The average Bonchev–Trinajstić information content (AvgIpc) is 4.14. The fraction of sp³-hybridized carbons (Fsp3) is 0. The van der Waals surface area contributed by atoms with Crippen LogP contribution in [-0.4, -0.2) is 24.1 Å². The second-order valence-corrected chi connectivity index (χ2v) is 19.6. The molecular formula is C73H49N5. The van der Waals surface area contributed by atoms with E-state index in [4.69, 9.17) is 15.0 Å². The van der Waals surface area contributed by atoms with Gasteiger partial charge in [-0.3, -0.25) is 0 Å². The van der Waals surface area contributed by atoms with Gasteiger partial charge in [-0.25, -0.2) is 15.0 Å². The van der Waals surface area contributed by atoms with E-state index in [0.29, 0.717) is 17.5 Å². The first-order valence-electron chi connectivity index (χ1n) is 26.3. The lowest BCUT2D eigenvalue weighted by molar-refractivity contribution is 1.07. The Morgan fingerprint density at radius 3 is 1.36 bits per heavy atom. The zero-order valence-corrected chi connectivity index (χ0v) is 42.6. The summed E-state index contributed by atoms with van der Waals surface area (Å²) in [6.45, 7) is 6.93. The van der Waals surface area contributed by atoms with Crippen LogP contribution in [0.4, 0.5) is 0 Å². The standard InChI is InChI=1S/C67H41N5.C6H8/c1-4-16-42(17-5-1)46-22-14-23-50(38-46)72-59-29-13-12-26-53(59)56-39-47(32-36-60(56)72)48-33-37-61-58(40-48)64-55-28-15-27-54-51-24-10-11-25-52(51)57(63(54)55)41-62(64)71(61)49-34-30-45(31-35-49)67-69-65(43-18-6-2-7-19-43)68-66(70-67)44-20-8-3-9-21-44;1-3-5-6-4-2/h1-41H;3-6H,1-2H2/b;6-5-. The van der Waals surface area contributed by atoms with Crippen molar-refractivity contribution in [2.45, 2.75) is 0 Å². The molecule has 5 nitrogen and oxygen atoms in total. The number of allylic oxidation sites excluding steroid dienone is 4. The number of fused-ring (bicyclic) bond motifs is 10. The van der Waals surface area contributed by atoms with Crippen LogP contribution in [0.15, 0.2) is 286 Å². The third-order valence-electron chi connectivity index (χ3n) is 15.1. The molecule has 0 bridgehead atoms. The highest BCUT2D eigenvalue weighted by Gasteiger charge is 2.26. The van der Waals surface area contributed by atoms with Crippen molar-refractivity contribution in [2.75, 3.05) is 0 Å². The van der Waals surface area contributed by atoms with Crippen LogP contribution in [0, 0.1) is 0 Å². The lowest BCUT2D eigenvalue weighted by Gasteiger charge is -2.12. The van der Waals surface area contributed by atoms with Gasteiger partial charge < -0.3 is 9.13 Å². The summed E-state index contributed by atoms with van der Waals surface area (Å²) >= 11 is 0. The fourth-order valence-electron chi connectivity index (χ4n) is 11.6. The smallest absolute Gasteiger partial charge is 0.164 e. The van der Waals surface area contributed by atoms with Gasteiger partial charge in [0.05, 0.1) is 22.1 Å². The molecular weight excluding hydrogens is 947 g/mol. The number of benzene rings is 11. The van der Waals surface area contributed by atoms with Crippen molar-refractivity contribution < 1.29 is 0 Å². The molecule has 11 aromatic carbocycles. The maximum Gasteiger partial charge on any atom is 0.164 e. The molecule has 0 fully saturated rings. The Morgan fingerprint density at radius 2 is 0.718 bits per heavy atom. The molecule has 0 radical (unpaired) electrons. The van der Waals surface area contributed by atoms with Gasteiger partial charge in [-0.05, 0) is 128 Å². The molecule has 0 N–H and O–H groups in total. The van der Waals surface area contributed by atoms with Gasteiger partial charge in [0.15, 0.2) is 17.5 Å². The van der Waals surface area contributed by atoms with Gasteiger partial charge in [0.25, 0.3) is 0 Å². The second kappa shape index (κ2) is 19.3. The van der Waals surface area contributed by atoms with Crippen LogP contribution in [0.5, 0.6) is 0 Å². The molecule has 3 aromatic heterocycles. The molecule has 14 aromatic rings. The van der Waals surface area contributed by atoms with Crippen LogP contribution < -0.4 is 0 Å². The molecule has 78 heavy (non-hydrogen) atoms. The quantitative estimate of drug-likeness (QED) is 0.135.